The second-order valence-electron chi connectivity index (χ2n) is 5.52. The molecule has 2 fully saturated rings. The van der Waals surface area contributed by atoms with Crippen LogP contribution in [0.2, 0.25) is 0 Å². The van der Waals surface area contributed by atoms with Gasteiger partial charge in [0.15, 0.2) is 0 Å². The zero-order valence-corrected chi connectivity index (χ0v) is 13.3. The van der Waals surface area contributed by atoms with Crippen molar-refractivity contribution in [3.8, 4) is 0 Å². The summed E-state index contributed by atoms with van der Waals surface area (Å²) in [7, 11) is -4.78. The average Bonchev–Trinajstić information content (AvgIpc) is 2.77. The number of carbonyl (C=O) groups is 1. The summed E-state index contributed by atoms with van der Waals surface area (Å²) in [5, 5.41) is 8.71. The van der Waals surface area contributed by atoms with Gasteiger partial charge in [-0.1, -0.05) is 0 Å². The highest BCUT2D eigenvalue weighted by atomic mass is 32.3. The number of hydrogen-bond donors (Lipinski definition) is 2. The Kier molecular flexibility index (Phi) is 4.39. The van der Waals surface area contributed by atoms with Gasteiger partial charge >= 0.3 is 16.4 Å². The Balaban J connectivity index is 1.64. The van der Waals surface area contributed by atoms with E-state index in [1.165, 1.54) is 4.90 Å². The highest BCUT2D eigenvalue weighted by molar-refractivity contribution is 7.80. The van der Waals surface area contributed by atoms with Crippen LogP contribution < -0.4 is 0 Å². The van der Waals surface area contributed by atoms with E-state index in [0.717, 1.165) is 5.56 Å². The van der Waals surface area contributed by atoms with Crippen molar-refractivity contribution >= 4 is 22.3 Å². The molecule has 3 rings (SSSR count). The Hall–Kier alpha value is -2.24. The standard InChI is InChI=1S/C13H16N4O6S/c14-12(22-8-9-3-5-15-6-4-9)11-2-1-10-7-16(11)13(18)17(10)23-24(19,20)21/h3-6,10-11,14H,1-2,7-8H2,(H,19,20,21)/t10-,11+/m1/s1. The molecular weight excluding hydrogens is 340 g/mol. The van der Waals surface area contributed by atoms with E-state index in [-0.39, 0.29) is 19.0 Å². The summed E-state index contributed by atoms with van der Waals surface area (Å²) in [4.78, 5) is 17.4. The summed E-state index contributed by atoms with van der Waals surface area (Å²) in [6.45, 7) is 0.383. The summed E-state index contributed by atoms with van der Waals surface area (Å²) < 4.78 is 40.2. The van der Waals surface area contributed by atoms with Gasteiger partial charge in [-0.15, -0.1) is 4.28 Å². The molecule has 10 nitrogen and oxygen atoms in total. The second kappa shape index (κ2) is 6.34. The first-order valence-corrected chi connectivity index (χ1v) is 8.58. The SMILES string of the molecule is N=C(OCc1ccncc1)[C@@H]1CC[C@@H]2CN1C(=O)N2OS(=O)(=O)O. The van der Waals surface area contributed by atoms with Gasteiger partial charge in [-0.3, -0.25) is 14.9 Å². The number of hydroxylamine groups is 2. The number of pyridine rings is 1. The Bertz CT molecular complexity index is 740. The summed E-state index contributed by atoms with van der Waals surface area (Å²) in [6, 6.07) is 1.73. The molecule has 1 aromatic rings. The molecule has 2 amide bonds. The first-order valence-electron chi connectivity index (χ1n) is 7.22. The van der Waals surface area contributed by atoms with Crippen LogP contribution in [-0.4, -0.2) is 58.5 Å². The Morgan fingerprint density at radius 2 is 2.08 bits per heavy atom. The van der Waals surface area contributed by atoms with E-state index < -0.39 is 28.5 Å². The van der Waals surface area contributed by atoms with E-state index in [0.29, 0.717) is 17.9 Å². The van der Waals surface area contributed by atoms with Crippen molar-refractivity contribution < 1.29 is 26.8 Å². The third kappa shape index (κ3) is 3.47. The Morgan fingerprint density at radius 1 is 1.38 bits per heavy atom. The maximum atomic E-state index is 12.2. The van der Waals surface area contributed by atoms with Crippen LogP contribution in [-0.2, 0) is 26.0 Å². The van der Waals surface area contributed by atoms with E-state index in [9.17, 15) is 13.2 Å². The van der Waals surface area contributed by atoms with Gasteiger partial charge in [-0.05, 0) is 30.5 Å². The zero-order chi connectivity index (χ0) is 17.3. The number of ether oxygens (including phenoxy) is 1. The smallest absolute Gasteiger partial charge is 0.418 e. The molecule has 24 heavy (non-hydrogen) atoms. The minimum absolute atomic E-state index is 0.0766. The molecule has 2 aliphatic rings. The third-order valence-corrected chi connectivity index (χ3v) is 4.29. The van der Waals surface area contributed by atoms with Crippen LogP contribution in [0.4, 0.5) is 4.79 Å². The lowest BCUT2D eigenvalue weighted by Gasteiger charge is -2.30. The van der Waals surface area contributed by atoms with Crippen molar-refractivity contribution in [3.05, 3.63) is 30.1 Å². The lowest BCUT2D eigenvalue weighted by molar-refractivity contribution is -0.0316. The van der Waals surface area contributed by atoms with Gasteiger partial charge in [0.05, 0.1) is 6.04 Å². The van der Waals surface area contributed by atoms with Crippen LogP contribution in [0.3, 0.4) is 0 Å². The highest BCUT2D eigenvalue weighted by Crippen LogP contribution is 2.31. The van der Waals surface area contributed by atoms with Gasteiger partial charge in [0.1, 0.15) is 12.6 Å². The molecule has 0 saturated carbocycles. The lowest BCUT2D eigenvalue weighted by atomic mass is 10.0. The number of rotatable bonds is 5. The summed E-state index contributed by atoms with van der Waals surface area (Å²) in [5.74, 6) is -0.0766. The fraction of sp³-hybridized carbons (Fsp3) is 0.462. The second-order valence-corrected chi connectivity index (χ2v) is 6.52. The first kappa shape index (κ1) is 16.6. The molecule has 1 aromatic heterocycles. The van der Waals surface area contributed by atoms with Crippen LogP contribution in [0.15, 0.2) is 24.5 Å². The van der Waals surface area contributed by atoms with Gasteiger partial charge in [-0.2, -0.15) is 13.5 Å². The quantitative estimate of drug-likeness (QED) is 0.448. The molecule has 0 aliphatic carbocycles. The molecule has 0 radical (unpaired) electrons. The number of nitrogens with one attached hydrogen (secondary N) is 1. The predicted molar refractivity (Wildman–Crippen MR) is 80.1 cm³/mol. The zero-order valence-electron chi connectivity index (χ0n) is 12.5. The summed E-state index contributed by atoms with van der Waals surface area (Å²) >= 11 is 0. The number of carbonyl (C=O) groups excluding carboxylic acids is 1. The van der Waals surface area contributed by atoms with Crippen molar-refractivity contribution in [1.82, 2.24) is 14.9 Å². The van der Waals surface area contributed by atoms with E-state index >= 15 is 0 Å². The fourth-order valence-corrected chi connectivity index (χ4v) is 3.23. The van der Waals surface area contributed by atoms with Crippen LogP contribution in [0.1, 0.15) is 18.4 Å². The fourth-order valence-electron chi connectivity index (χ4n) is 2.84. The van der Waals surface area contributed by atoms with Crippen LogP contribution in [0, 0.1) is 5.41 Å². The average molecular weight is 356 g/mol. The van der Waals surface area contributed by atoms with Crippen molar-refractivity contribution in [1.29, 1.82) is 5.41 Å². The number of urea groups is 1. The van der Waals surface area contributed by atoms with Gasteiger partial charge < -0.3 is 9.64 Å². The van der Waals surface area contributed by atoms with Gasteiger partial charge in [0.2, 0.25) is 5.90 Å². The van der Waals surface area contributed by atoms with Crippen LogP contribution in [0.25, 0.3) is 0 Å². The largest absolute Gasteiger partial charge is 0.475 e. The Labute approximate surface area is 138 Å². The third-order valence-electron chi connectivity index (χ3n) is 3.94. The number of amides is 2. The van der Waals surface area contributed by atoms with E-state index in [2.05, 4.69) is 9.27 Å². The molecule has 2 atom stereocenters. The summed E-state index contributed by atoms with van der Waals surface area (Å²) in [6.07, 6.45) is 4.10. The highest BCUT2D eigenvalue weighted by Gasteiger charge is 2.48. The number of aromatic nitrogens is 1. The molecule has 2 N–H and O–H groups in total. The topological polar surface area (TPSA) is 133 Å². The van der Waals surface area contributed by atoms with Gasteiger partial charge in [0, 0.05) is 18.9 Å². The van der Waals surface area contributed by atoms with E-state index in [1.807, 2.05) is 0 Å². The molecule has 0 spiro atoms. The number of hydrogen-bond acceptors (Lipinski definition) is 7. The predicted octanol–water partition coefficient (Wildman–Crippen LogP) is 0.578. The molecule has 11 heteroatoms. The van der Waals surface area contributed by atoms with Gasteiger partial charge in [0.25, 0.3) is 0 Å². The Morgan fingerprint density at radius 3 is 2.75 bits per heavy atom. The molecule has 2 aliphatic heterocycles. The molecule has 2 saturated heterocycles. The molecule has 0 aromatic carbocycles. The molecular formula is C13H16N4O6S. The van der Waals surface area contributed by atoms with Gasteiger partial charge in [-0.25, -0.2) is 4.79 Å². The normalized spacial score (nSPS) is 23.5. The van der Waals surface area contributed by atoms with Crippen molar-refractivity contribution in [2.24, 2.45) is 0 Å². The summed E-state index contributed by atoms with van der Waals surface area (Å²) in [5.41, 5.74) is 0.840. The maximum absolute atomic E-state index is 12.2. The molecule has 2 bridgehead atoms. The molecule has 0 unspecified atom stereocenters. The van der Waals surface area contributed by atoms with Crippen LogP contribution in [0.5, 0.6) is 0 Å². The van der Waals surface area contributed by atoms with Crippen molar-refractivity contribution in [3.63, 3.8) is 0 Å². The monoisotopic (exact) mass is 356 g/mol. The van der Waals surface area contributed by atoms with Crippen molar-refractivity contribution in [2.75, 3.05) is 6.54 Å². The van der Waals surface area contributed by atoms with Crippen molar-refractivity contribution in [2.45, 2.75) is 31.5 Å². The van der Waals surface area contributed by atoms with E-state index in [1.54, 1.807) is 24.5 Å². The minimum atomic E-state index is -4.78. The number of nitrogens with zero attached hydrogens (tertiary/aromatic N) is 3. The van der Waals surface area contributed by atoms with Crippen LogP contribution >= 0.6 is 0 Å². The molecule has 3 heterocycles. The molecule has 130 valence electrons. The minimum Gasteiger partial charge on any atom is -0.475 e. The number of fused-ring (bicyclic) bond motifs is 2. The number of piperidine rings is 1. The van der Waals surface area contributed by atoms with E-state index in [4.69, 9.17) is 14.7 Å². The first-order chi connectivity index (χ1) is 11.3. The lowest BCUT2D eigenvalue weighted by Crippen LogP contribution is -2.45. The maximum Gasteiger partial charge on any atom is 0.418 e.